The summed E-state index contributed by atoms with van der Waals surface area (Å²) >= 11 is 1.74. The van der Waals surface area contributed by atoms with Crippen molar-refractivity contribution in [1.29, 1.82) is 0 Å². The number of halogens is 1. The number of nitrogens with zero attached hydrogens (tertiary/aromatic N) is 3. The number of ether oxygens (including phenoxy) is 1. The fourth-order valence-corrected chi connectivity index (χ4v) is 7.12. The maximum atomic E-state index is 15.9. The standard InChI is InChI=1S/C32H29FN6OS/c1-17(2)28-7-8-29(41-28)32-39-25-6-5-18(24-15-36-31(38-24)22-4-3-9-35-22)10-20(25)12-26(39)30-21(33)11-19(13-27(30)40-32)23-14-34-16-37-23/h5-8,10-17,22,32,35H,3-4,9H2,1-2H3,(H,34,37)(H,36,38). The van der Waals surface area contributed by atoms with E-state index in [2.05, 4.69) is 80.1 Å². The van der Waals surface area contributed by atoms with Crippen LogP contribution in [0.5, 0.6) is 5.75 Å². The first-order chi connectivity index (χ1) is 20.0. The summed E-state index contributed by atoms with van der Waals surface area (Å²) in [6.45, 7) is 5.41. The summed E-state index contributed by atoms with van der Waals surface area (Å²) in [4.78, 5) is 17.7. The van der Waals surface area contributed by atoms with Crippen molar-refractivity contribution in [3.8, 4) is 39.5 Å². The molecule has 3 N–H and O–H groups in total. The van der Waals surface area contributed by atoms with Gasteiger partial charge in [-0.15, -0.1) is 11.3 Å². The largest absolute Gasteiger partial charge is 0.464 e. The Bertz CT molecular complexity index is 1890. The van der Waals surface area contributed by atoms with Gasteiger partial charge in [-0.25, -0.2) is 14.4 Å². The maximum Gasteiger partial charge on any atom is 0.212 e. The number of nitrogens with one attached hydrogen (secondary N) is 3. The lowest BCUT2D eigenvalue weighted by Gasteiger charge is -2.30. The van der Waals surface area contributed by atoms with E-state index in [4.69, 9.17) is 4.74 Å². The molecule has 41 heavy (non-hydrogen) atoms. The number of benzene rings is 2. The highest BCUT2D eigenvalue weighted by Crippen LogP contribution is 2.48. The molecule has 0 saturated carbocycles. The predicted octanol–water partition coefficient (Wildman–Crippen LogP) is 7.78. The van der Waals surface area contributed by atoms with Crippen LogP contribution >= 0.6 is 11.3 Å². The zero-order valence-corrected chi connectivity index (χ0v) is 23.6. The number of rotatable bonds is 5. The Morgan fingerprint density at radius 2 is 1.98 bits per heavy atom. The maximum absolute atomic E-state index is 15.9. The van der Waals surface area contributed by atoms with E-state index in [0.717, 1.165) is 63.6 Å². The summed E-state index contributed by atoms with van der Waals surface area (Å²) in [7, 11) is 0. The molecule has 6 heterocycles. The molecule has 1 fully saturated rings. The van der Waals surface area contributed by atoms with Gasteiger partial charge in [0.05, 0.1) is 57.8 Å². The zero-order valence-electron chi connectivity index (χ0n) is 22.7. The molecule has 2 aliphatic rings. The van der Waals surface area contributed by atoms with Crippen molar-refractivity contribution < 1.29 is 9.13 Å². The summed E-state index contributed by atoms with van der Waals surface area (Å²) in [5.74, 6) is 1.59. The average Bonchev–Trinajstić information content (AvgIpc) is 3.79. The molecule has 206 valence electrons. The van der Waals surface area contributed by atoms with E-state index in [0.29, 0.717) is 22.8 Å². The lowest BCUT2D eigenvalue weighted by molar-refractivity contribution is 0.176. The molecule has 4 aromatic heterocycles. The van der Waals surface area contributed by atoms with Crippen LogP contribution in [0.3, 0.4) is 0 Å². The van der Waals surface area contributed by atoms with Gasteiger partial charge in [-0.1, -0.05) is 19.9 Å². The van der Waals surface area contributed by atoms with Crippen molar-refractivity contribution >= 4 is 22.2 Å². The van der Waals surface area contributed by atoms with Crippen molar-refractivity contribution in [3.63, 3.8) is 0 Å². The van der Waals surface area contributed by atoms with Crippen LogP contribution in [0.4, 0.5) is 4.39 Å². The minimum absolute atomic E-state index is 0.278. The first-order valence-corrected chi connectivity index (χ1v) is 14.9. The molecular weight excluding hydrogens is 535 g/mol. The fraction of sp³-hybridized carbons (Fsp3) is 0.250. The van der Waals surface area contributed by atoms with Crippen LogP contribution in [0, 0.1) is 5.82 Å². The lowest BCUT2D eigenvalue weighted by Crippen LogP contribution is -2.22. The quantitative estimate of drug-likeness (QED) is 0.200. The van der Waals surface area contributed by atoms with Crippen molar-refractivity contribution in [3.05, 3.63) is 88.6 Å². The van der Waals surface area contributed by atoms with Gasteiger partial charge in [0.25, 0.3) is 0 Å². The van der Waals surface area contributed by atoms with Crippen molar-refractivity contribution in [2.75, 3.05) is 6.54 Å². The Hall–Kier alpha value is -4.21. The molecule has 0 radical (unpaired) electrons. The first-order valence-electron chi connectivity index (χ1n) is 14.1. The Morgan fingerprint density at radius 1 is 1.05 bits per heavy atom. The van der Waals surface area contributed by atoms with E-state index in [1.165, 1.54) is 4.88 Å². The van der Waals surface area contributed by atoms with Gasteiger partial charge >= 0.3 is 0 Å². The van der Waals surface area contributed by atoms with E-state index in [9.17, 15) is 0 Å². The Kier molecular flexibility index (Phi) is 5.65. The molecule has 9 heteroatoms. The van der Waals surface area contributed by atoms with Crippen LogP contribution < -0.4 is 10.1 Å². The minimum Gasteiger partial charge on any atom is -0.464 e. The molecule has 0 bridgehead atoms. The number of aromatic nitrogens is 5. The molecule has 2 unspecified atom stereocenters. The van der Waals surface area contributed by atoms with Crippen molar-refractivity contribution in [2.45, 2.75) is 44.9 Å². The highest BCUT2D eigenvalue weighted by Gasteiger charge is 2.33. The fourth-order valence-electron chi connectivity index (χ4n) is 6.09. The number of hydrogen-bond acceptors (Lipinski definition) is 5. The van der Waals surface area contributed by atoms with Crippen molar-refractivity contribution in [1.82, 2.24) is 29.8 Å². The van der Waals surface area contributed by atoms with Crippen LogP contribution in [0.15, 0.2) is 67.3 Å². The highest BCUT2D eigenvalue weighted by atomic mass is 32.1. The summed E-state index contributed by atoms with van der Waals surface area (Å²) in [6.07, 6.45) is 7.03. The summed E-state index contributed by atoms with van der Waals surface area (Å²) in [5.41, 5.74) is 5.73. The summed E-state index contributed by atoms with van der Waals surface area (Å²) in [6, 6.07) is 16.5. The molecule has 0 amide bonds. The van der Waals surface area contributed by atoms with Gasteiger partial charge < -0.3 is 20.0 Å². The highest BCUT2D eigenvalue weighted by molar-refractivity contribution is 7.12. The molecule has 2 atom stereocenters. The minimum atomic E-state index is -0.415. The molecule has 0 spiro atoms. The van der Waals surface area contributed by atoms with Gasteiger partial charge in [0.1, 0.15) is 17.4 Å². The van der Waals surface area contributed by atoms with Crippen LogP contribution in [0.25, 0.3) is 44.7 Å². The van der Waals surface area contributed by atoms with Crippen LogP contribution in [0.2, 0.25) is 0 Å². The Labute approximate surface area is 240 Å². The number of imidazole rings is 2. The molecule has 2 aliphatic heterocycles. The number of hydrogen-bond donors (Lipinski definition) is 3. The van der Waals surface area contributed by atoms with E-state index in [1.807, 2.05) is 12.3 Å². The third kappa shape index (κ3) is 4.02. The van der Waals surface area contributed by atoms with Crippen molar-refractivity contribution in [2.24, 2.45) is 0 Å². The van der Waals surface area contributed by atoms with Gasteiger partial charge in [0, 0.05) is 21.4 Å². The zero-order chi connectivity index (χ0) is 27.7. The molecule has 0 aliphatic carbocycles. The van der Waals surface area contributed by atoms with E-state index < -0.39 is 6.23 Å². The topological polar surface area (TPSA) is 83.6 Å². The third-order valence-corrected chi connectivity index (χ3v) is 9.60. The van der Waals surface area contributed by atoms with Gasteiger partial charge in [0.2, 0.25) is 6.23 Å². The smallest absolute Gasteiger partial charge is 0.212 e. The molecular formula is C32H29FN6OS. The monoisotopic (exact) mass is 564 g/mol. The summed E-state index contributed by atoms with van der Waals surface area (Å²) in [5, 5.41) is 4.53. The summed E-state index contributed by atoms with van der Waals surface area (Å²) < 4.78 is 24.7. The number of aromatic amines is 2. The Morgan fingerprint density at radius 3 is 2.76 bits per heavy atom. The van der Waals surface area contributed by atoms with Crippen LogP contribution in [0.1, 0.15) is 60.5 Å². The third-order valence-electron chi connectivity index (χ3n) is 8.19. The molecule has 8 rings (SSSR count). The first kappa shape index (κ1) is 24.6. The lowest BCUT2D eigenvalue weighted by atomic mass is 10.0. The molecule has 7 nitrogen and oxygen atoms in total. The normalized spacial score (nSPS) is 18.1. The van der Waals surface area contributed by atoms with E-state index in [-0.39, 0.29) is 11.9 Å². The van der Waals surface area contributed by atoms with Gasteiger partial charge in [-0.05, 0) is 67.8 Å². The molecule has 1 saturated heterocycles. The number of H-pyrrole nitrogens is 2. The molecule has 6 aromatic rings. The van der Waals surface area contributed by atoms with E-state index >= 15 is 4.39 Å². The number of fused-ring (bicyclic) bond motifs is 5. The second kappa shape index (κ2) is 9.43. The predicted molar refractivity (Wildman–Crippen MR) is 160 cm³/mol. The number of thiophene rings is 1. The van der Waals surface area contributed by atoms with Crippen LogP contribution in [-0.4, -0.2) is 31.0 Å². The van der Waals surface area contributed by atoms with Crippen LogP contribution in [-0.2, 0) is 0 Å². The second-order valence-electron chi connectivity index (χ2n) is 11.2. The van der Waals surface area contributed by atoms with E-state index in [1.54, 1.807) is 29.9 Å². The average molecular weight is 565 g/mol. The second-order valence-corrected chi connectivity index (χ2v) is 12.3. The van der Waals surface area contributed by atoms with Gasteiger partial charge in [0.15, 0.2) is 0 Å². The van der Waals surface area contributed by atoms with Gasteiger partial charge in [-0.3, -0.25) is 4.57 Å². The SMILES string of the molecule is CC(C)c1ccc(C2Oc3cc(-c4cnc[nH]4)cc(F)c3-c3cc4cc(-c5cnc(C6CCCN6)[nH]5)ccc4n32)s1. The molecule has 2 aromatic carbocycles. The van der Waals surface area contributed by atoms with Gasteiger partial charge in [-0.2, -0.15) is 0 Å². The Balaban J connectivity index is 1.28.